The van der Waals surface area contributed by atoms with Crippen LogP contribution in [0.25, 0.3) is 0 Å². The largest absolute Gasteiger partial charge is 0.460 e. The van der Waals surface area contributed by atoms with Crippen molar-refractivity contribution in [2.75, 3.05) is 0 Å². The topological polar surface area (TPSA) is 72.5 Å². The van der Waals surface area contributed by atoms with Crippen LogP contribution in [0, 0.1) is 6.92 Å². The van der Waals surface area contributed by atoms with Crippen LogP contribution in [0.2, 0.25) is 0 Å². The quantitative estimate of drug-likeness (QED) is 0.824. The summed E-state index contributed by atoms with van der Waals surface area (Å²) >= 11 is 0. The van der Waals surface area contributed by atoms with Crippen LogP contribution >= 0.6 is 0 Å². The smallest absolute Gasteiger partial charge is 0.324 e. The van der Waals surface area contributed by atoms with E-state index in [1.54, 1.807) is 12.1 Å². The van der Waals surface area contributed by atoms with E-state index in [2.05, 4.69) is 4.72 Å². The van der Waals surface area contributed by atoms with Gasteiger partial charge in [0, 0.05) is 0 Å². The van der Waals surface area contributed by atoms with Crippen LogP contribution in [0.15, 0.2) is 59.5 Å². The number of aryl methyl sites for hydroxylation is 1. The van der Waals surface area contributed by atoms with Gasteiger partial charge in [0.15, 0.2) is 0 Å². The number of hydrogen-bond donors (Lipinski definition) is 1. The third kappa shape index (κ3) is 4.91. The highest BCUT2D eigenvalue weighted by Gasteiger charge is 2.23. The number of carbonyl (C=O) groups excluding carboxylic acids is 1. The molecule has 0 aliphatic heterocycles. The lowest BCUT2D eigenvalue weighted by Crippen LogP contribution is -2.39. The van der Waals surface area contributed by atoms with E-state index in [9.17, 15) is 13.2 Å². The zero-order chi connectivity index (χ0) is 16.9. The number of rotatable bonds is 6. The first-order valence-electron chi connectivity index (χ1n) is 7.18. The maximum absolute atomic E-state index is 12.2. The van der Waals surface area contributed by atoms with Crippen molar-refractivity contribution in [1.82, 2.24) is 4.72 Å². The fourth-order valence-corrected chi connectivity index (χ4v) is 3.11. The molecule has 0 aliphatic rings. The molecule has 1 atom stereocenters. The monoisotopic (exact) mass is 333 g/mol. The molecule has 2 aromatic carbocycles. The average Bonchev–Trinajstić information content (AvgIpc) is 2.53. The minimum atomic E-state index is -3.76. The standard InChI is InChI=1S/C17H19NO4S/c1-13-8-10-16(11-9-13)23(20,21)18-14(2)17(19)22-12-15-6-4-3-5-7-15/h3-11,14,18H,12H2,1-2H3/t14-/m1/s1. The number of sulfonamides is 1. The molecule has 122 valence electrons. The summed E-state index contributed by atoms with van der Waals surface area (Å²) in [7, 11) is -3.76. The van der Waals surface area contributed by atoms with Crippen LogP contribution in [-0.2, 0) is 26.2 Å². The number of hydrogen-bond acceptors (Lipinski definition) is 4. The lowest BCUT2D eigenvalue weighted by Gasteiger charge is -2.14. The molecule has 0 aliphatic carbocycles. The molecule has 2 aromatic rings. The maximum atomic E-state index is 12.2. The van der Waals surface area contributed by atoms with Crippen LogP contribution in [0.1, 0.15) is 18.1 Å². The molecule has 1 N–H and O–H groups in total. The molecule has 0 radical (unpaired) electrons. The van der Waals surface area contributed by atoms with Crippen LogP contribution in [0.3, 0.4) is 0 Å². The Morgan fingerprint density at radius 1 is 1.09 bits per heavy atom. The Balaban J connectivity index is 1.96. The van der Waals surface area contributed by atoms with Crippen molar-refractivity contribution in [3.05, 3.63) is 65.7 Å². The Labute approximate surface area is 136 Å². The van der Waals surface area contributed by atoms with Crippen molar-refractivity contribution >= 4 is 16.0 Å². The first-order chi connectivity index (χ1) is 10.9. The number of esters is 1. The van der Waals surface area contributed by atoms with E-state index in [4.69, 9.17) is 4.74 Å². The summed E-state index contributed by atoms with van der Waals surface area (Å²) in [5.41, 5.74) is 1.80. The molecule has 0 saturated heterocycles. The highest BCUT2D eigenvalue weighted by Crippen LogP contribution is 2.11. The summed E-state index contributed by atoms with van der Waals surface area (Å²) in [6.07, 6.45) is 0. The molecular weight excluding hydrogens is 314 g/mol. The molecule has 0 unspecified atom stereocenters. The first-order valence-corrected chi connectivity index (χ1v) is 8.66. The molecule has 0 heterocycles. The third-order valence-corrected chi connectivity index (χ3v) is 4.80. The minimum Gasteiger partial charge on any atom is -0.460 e. The Kier molecular flexibility index (Phi) is 5.52. The molecule has 0 bridgehead atoms. The van der Waals surface area contributed by atoms with Crippen molar-refractivity contribution in [1.29, 1.82) is 0 Å². The molecule has 0 spiro atoms. The second kappa shape index (κ2) is 7.39. The van der Waals surface area contributed by atoms with Crippen LogP contribution < -0.4 is 4.72 Å². The van der Waals surface area contributed by atoms with Gasteiger partial charge in [0.25, 0.3) is 0 Å². The zero-order valence-electron chi connectivity index (χ0n) is 13.0. The second-order valence-corrected chi connectivity index (χ2v) is 6.96. The number of carbonyl (C=O) groups is 1. The maximum Gasteiger partial charge on any atom is 0.324 e. The van der Waals surface area contributed by atoms with Crippen molar-refractivity contribution in [3.8, 4) is 0 Å². The molecule has 23 heavy (non-hydrogen) atoms. The number of nitrogens with one attached hydrogen (secondary N) is 1. The summed E-state index contributed by atoms with van der Waals surface area (Å²) in [6, 6.07) is 14.6. The van der Waals surface area contributed by atoms with Gasteiger partial charge in [-0.05, 0) is 31.5 Å². The summed E-state index contributed by atoms with van der Waals surface area (Å²) in [5.74, 6) is -0.621. The zero-order valence-corrected chi connectivity index (χ0v) is 13.8. The summed E-state index contributed by atoms with van der Waals surface area (Å²) in [5, 5.41) is 0. The highest BCUT2D eigenvalue weighted by molar-refractivity contribution is 7.89. The van der Waals surface area contributed by atoms with E-state index in [0.29, 0.717) is 0 Å². The van der Waals surface area contributed by atoms with Gasteiger partial charge in [-0.3, -0.25) is 4.79 Å². The number of ether oxygens (including phenoxy) is 1. The average molecular weight is 333 g/mol. The van der Waals surface area contributed by atoms with E-state index in [0.717, 1.165) is 11.1 Å². The molecule has 0 saturated carbocycles. The Morgan fingerprint density at radius 3 is 2.30 bits per heavy atom. The Morgan fingerprint density at radius 2 is 1.70 bits per heavy atom. The number of benzene rings is 2. The third-order valence-electron chi connectivity index (χ3n) is 3.24. The second-order valence-electron chi connectivity index (χ2n) is 5.25. The predicted molar refractivity (Wildman–Crippen MR) is 87.2 cm³/mol. The van der Waals surface area contributed by atoms with Gasteiger partial charge >= 0.3 is 5.97 Å². The minimum absolute atomic E-state index is 0.107. The van der Waals surface area contributed by atoms with Crippen LogP contribution in [0.4, 0.5) is 0 Å². The molecular formula is C17H19NO4S. The van der Waals surface area contributed by atoms with E-state index in [1.807, 2.05) is 37.3 Å². The van der Waals surface area contributed by atoms with Gasteiger partial charge in [-0.15, -0.1) is 0 Å². The van der Waals surface area contributed by atoms with Crippen LogP contribution in [0.5, 0.6) is 0 Å². The van der Waals surface area contributed by atoms with E-state index in [-0.39, 0.29) is 11.5 Å². The van der Waals surface area contributed by atoms with Gasteiger partial charge in [0.05, 0.1) is 4.90 Å². The highest BCUT2D eigenvalue weighted by atomic mass is 32.2. The van der Waals surface area contributed by atoms with Gasteiger partial charge in [-0.1, -0.05) is 48.0 Å². The molecule has 6 heteroatoms. The van der Waals surface area contributed by atoms with Gasteiger partial charge < -0.3 is 4.74 Å². The van der Waals surface area contributed by atoms with E-state index in [1.165, 1.54) is 19.1 Å². The van der Waals surface area contributed by atoms with Gasteiger partial charge in [-0.25, -0.2) is 8.42 Å². The summed E-state index contributed by atoms with van der Waals surface area (Å²) in [6.45, 7) is 3.43. The fourth-order valence-electron chi connectivity index (χ4n) is 1.92. The summed E-state index contributed by atoms with van der Waals surface area (Å²) < 4.78 is 31.9. The van der Waals surface area contributed by atoms with Crippen LogP contribution in [-0.4, -0.2) is 20.4 Å². The molecule has 0 amide bonds. The van der Waals surface area contributed by atoms with Crippen molar-refractivity contribution in [3.63, 3.8) is 0 Å². The van der Waals surface area contributed by atoms with E-state index < -0.39 is 22.0 Å². The van der Waals surface area contributed by atoms with Gasteiger partial charge in [0.2, 0.25) is 10.0 Å². The van der Waals surface area contributed by atoms with Gasteiger partial charge in [0.1, 0.15) is 12.6 Å². The van der Waals surface area contributed by atoms with E-state index >= 15 is 0 Å². The first kappa shape index (κ1) is 17.2. The van der Waals surface area contributed by atoms with Crippen molar-refractivity contribution in [2.45, 2.75) is 31.4 Å². The molecule has 5 nitrogen and oxygen atoms in total. The predicted octanol–water partition coefficient (Wildman–Crippen LogP) is 2.41. The molecule has 2 rings (SSSR count). The fraction of sp³-hybridized carbons (Fsp3) is 0.235. The SMILES string of the molecule is Cc1ccc(S(=O)(=O)N[C@H](C)C(=O)OCc2ccccc2)cc1. The van der Waals surface area contributed by atoms with Crippen molar-refractivity contribution in [2.24, 2.45) is 0 Å². The van der Waals surface area contributed by atoms with Gasteiger partial charge in [-0.2, -0.15) is 4.72 Å². The summed E-state index contributed by atoms with van der Waals surface area (Å²) in [4.78, 5) is 12.0. The van der Waals surface area contributed by atoms with Crippen molar-refractivity contribution < 1.29 is 17.9 Å². The lowest BCUT2D eigenvalue weighted by atomic mass is 10.2. The molecule has 0 aromatic heterocycles. The Bertz CT molecular complexity index is 755. The Hall–Kier alpha value is -2.18. The lowest BCUT2D eigenvalue weighted by molar-refractivity contribution is -0.146. The normalized spacial score (nSPS) is 12.6. The molecule has 0 fully saturated rings.